The van der Waals surface area contributed by atoms with Gasteiger partial charge in [-0.3, -0.25) is 14.5 Å². The van der Waals surface area contributed by atoms with Crippen LogP contribution in [-0.4, -0.2) is 21.9 Å². The molecule has 2 heterocycles. The van der Waals surface area contributed by atoms with Crippen LogP contribution in [0.1, 0.15) is 11.1 Å². The Morgan fingerprint density at radius 3 is 2.95 bits per heavy atom. The maximum absolute atomic E-state index is 12.0. The Bertz CT molecular complexity index is 824. The minimum atomic E-state index is -0.240. The monoisotopic (exact) mass is 295 g/mol. The molecule has 5 heteroatoms. The summed E-state index contributed by atoms with van der Waals surface area (Å²) >= 11 is 0. The highest BCUT2D eigenvalue weighted by Crippen LogP contribution is 2.18. The smallest absolute Gasteiger partial charge is 0.264 e. The van der Waals surface area contributed by atoms with Gasteiger partial charge in [-0.15, -0.1) is 0 Å². The molecule has 0 radical (unpaired) electrons. The number of fused-ring (bicyclic) bond motifs is 1. The van der Waals surface area contributed by atoms with Crippen molar-refractivity contribution >= 4 is 17.4 Å². The van der Waals surface area contributed by atoms with Gasteiger partial charge in [0.1, 0.15) is 5.75 Å². The van der Waals surface area contributed by atoms with Crippen molar-refractivity contribution in [1.82, 2.24) is 9.38 Å². The highest BCUT2D eigenvalue weighted by Gasteiger charge is 2.09. The number of hydrogen-bond donors (Lipinski definition) is 1. The lowest BCUT2D eigenvalue weighted by molar-refractivity contribution is -0.118. The van der Waals surface area contributed by atoms with E-state index in [0.29, 0.717) is 11.7 Å². The topological polar surface area (TPSA) is 55.6 Å². The molecule has 0 bridgehead atoms. The fourth-order valence-corrected chi connectivity index (χ4v) is 2.30. The first-order chi connectivity index (χ1) is 10.6. The summed E-state index contributed by atoms with van der Waals surface area (Å²) in [5, 5.41) is 2.75. The number of carbonyl (C=O) groups is 1. The lowest BCUT2D eigenvalue weighted by Crippen LogP contribution is -2.21. The molecule has 0 spiro atoms. The second-order valence-corrected chi connectivity index (χ2v) is 5.18. The number of rotatable bonds is 4. The van der Waals surface area contributed by atoms with Gasteiger partial charge in [0, 0.05) is 6.20 Å². The Morgan fingerprint density at radius 2 is 2.14 bits per heavy atom. The number of nitrogens with zero attached hydrogens (tertiary/aromatic N) is 2. The summed E-state index contributed by atoms with van der Waals surface area (Å²) in [6.07, 6.45) is 3.56. The molecule has 112 valence electrons. The van der Waals surface area contributed by atoms with Gasteiger partial charge < -0.3 is 4.74 Å². The highest BCUT2D eigenvalue weighted by molar-refractivity contribution is 5.90. The maximum Gasteiger partial charge on any atom is 0.264 e. The number of anilines is 1. The zero-order valence-electron chi connectivity index (χ0n) is 12.5. The summed E-state index contributed by atoms with van der Waals surface area (Å²) in [5.74, 6) is 0.967. The average molecular weight is 295 g/mol. The molecule has 0 aliphatic rings. The summed E-state index contributed by atoms with van der Waals surface area (Å²) in [5.41, 5.74) is 3.10. The first kappa shape index (κ1) is 14.1. The SMILES string of the molecule is Cc1ccc(OCC(=O)Nc2ncc3ccccn23)c(C)c1. The minimum Gasteiger partial charge on any atom is -0.483 e. The predicted octanol–water partition coefficient (Wildman–Crippen LogP) is 2.97. The molecule has 0 saturated heterocycles. The molecular weight excluding hydrogens is 278 g/mol. The highest BCUT2D eigenvalue weighted by atomic mass is 16.5. The van der Waals surface area contributed by atoms with Crippen molar-refractivity contribution in [3.8, 4) is 5.75 Å². The molecule has 1 amide bonds. The number of nitrogens with one attached hydrogen (secondary N) is 1. The Hall–Kier alpha value is -2.82. The van der Waals surface area contributed by atoms with Crippen molar-refractivity contribution in [3.63, 3.8) is 0 Å². The number of aromatic nitrogens is 2. The van der Waals surface area contributed by atoms with Gasteiger partial charge in [0.05, 0.1) is 11.7 Å². The van der Waals surface area contributed by atoms with E-state index in [2.05, 4.69) is 10.3 Å². The van der Waals surface area contributed by atoms with Crippen molar-refractivity contribution in [2.75, 3.05) is 11.9 Å². The zero-order chi connectivity index (χ0) is 15.5. The molecule has 5 nitrogen and oxygen atoms in total. The van der Waals surface area contributed by atoms with Crippen molar-refractivity contribution < 1.29 is 9.53 Å². The van der Waals surface area contributed by atoms with Gasteiger partial charge in [0.15, 0.2) is 6.61 Å². The third-order valence-electron chi connectivity index (χ3n) is 3.38. The first-order valence-electron chi connectivity index (χ1n) is 7.05. The molecule has 0 unspecified atom stereocenters. The molecule has 1 aromatic carbocycles. The maximum atomic E-state index is 12.0. The molecule has 0 fully saturated rings. The van der Waals surface area contributed by atoms with Crippen LogP contribution in [0, 0.1) is 13.8 Å². The van der Waals surface area contributed by atoms with Crippen LogP contribution in [0.25, 0.3) is 5.52 Å². The van der Waals surface area contributed by atoms with Gasteiger partial charge in [0.25, 0.3) is 5.91 Å². The second-order valence-electron chi connectivity index (χ2n) is 5.18. The van der Waals surface area contributed by atoms with E-state index in [9.17, 15) is 4.79 Å². The van der Waals surface area contributed by atoms with Gasteiger partial charge in [-0.2, -0.15) is 0 Å². The lowest BCUT2D eigenvalue weighted by atomic mass is 10.1. The van der Waals surface area contributed by atoms with E-state index in [1.54, 1.807) is 6.20 Å². The third-order valence-corrected chi connectivity index (χ3v) is 3.38. The van der Waals surface area contributed by atoms with Crippen LogP contribution in [0.4, 0.5) is 5.95 Å². The quantitative estimate of drug-likeness (QED) is 0.805. The summed E-state index contributed by atoms with van der Waals surface area (Å²) in [7, 11) is 0. The van der Waals surface area contributed by atoms with Crippen LogP contribution in [-0.2, 0) is 4.79 Å². The number of amides is 1. The molecule has 0 atom stereocenters. The summed E-state index contributed by atoms with van der Waals surface area (Å²) in [4.78, 5) is 16.2. The number of benzene rings is 1. The third kappa shape index (κ3) is 2.93. The predicted molar refractivity (Wildman–Crippen MR) is 85.2 cm³/mol. The number of carbonyl (C=O) groups excluding carboxylic acids is 1. The molecule has 3 aromatic rings. The molecule has 3 rings (SSSR count). The first-order valence-corrected chi connectivity index (χ1v) is 7.05. The fourth-order valence-electron chi connectivity index (χ4n) is 2.30. The second kappa shape index (κ2) is 5.89. The Balaban J connectivity index is 1.65. The van der Waals surface area contributed by atoms with E-state index >= 15 is 0 Å². The summed E-state index contributed by atoms with van der Waals surface area (Å²) in [6, 6.07) is 11.6. The molecule has 0 aliphatic carbocycles. The molecule has 1 N–H and O–H groups in total. The molecule has 0 saturated carbocycles. The van der Waals surface area contributed by atoms with Crippen LogP contribution in [0.3, 0.4) is 0 Å². The number of imidazole rings is 1. The number of ether oxygens (including phenoxy) is 1. The normalized spacial score (nSPS) is 10.6. The van der Waals surface area contributed by atoms with E-state index in [4.69, 9.17) is 4.74 Å². The standard InChI is InChI=1S/C17H17N3O2/c1-12-6-7-15(13(2)9-12)22-11-16(21)19-17-18-10-14-5-3-4-8-20(14)17/h3-10H,11H2,1-2H3,(H,18,19,21). The van der Waals surface area contributed by atoms with Gasteiger partial charge in [-0.1, -0.05) is 23.8 Å². The van der Waals surface area contributed by atoms with Gasteiger partial charge >= 0.3 is 0 Å². The number of hydrogen-bond acceptors (Lipinski definition) is 3. The average Bonchev–Trinajstić information content (AvgIpc) is 2.90. The number of pyridine rings is 1. The van der Waals surface area contributed by atoms with Crippen molar-refractivity contribution in [3.05, 3.63) is 59.9 Å². The van der Waals surface area contributed by atoms with Crippen LogP contribution >= 0.6 is 0 Å². The molecule has 0 aliphatic heterocycles. The molecule has 2 aromatic heterocycles. The van der Waals surface area contributed by atoms with Crippen LogP contribution in [0.5, 0.6) is 5.75 Å². The van der Waals surface area contributed by atoms with Crippen molar-refractivity contribution in [2.24, 2.45) is 0 Å². The van der Waals surface area contributed by atoms with E-state index in [1.807, 2.05) is 60.8 Å². The Kier molecular flexibility index (Phi) is 3.78. The van der Waals surface area contributed by atoms with E-state index in [-0.39, 0.29) is 12.5 Å². The van der Waals surface area contributed by atoms with E-state index in [1.165, 1.54) is 0 Å². The van der Waals surface area contributed by atoms with Crippen LogP contribution < -0.4 is 10.1 Å². The molecular formula is C17H17N3O2. The van der Waals surface area contributed by atoms with Crippen molar-refractivity contribution in [2.45, 2.75) is 13.8 Å². The fraction of sp³-hybridized carbons (Fsp3) is 0.176. The molecule has 22 heavy (non-hydrogen) atoms. The van der Waals surface area contributed by atoms with E-state index < -0.39 is 0 Å². The van der Waals surface area contributed by atoms with Crippen LogP contribution in [0.2, 0.25) is 0 Å². The van der Waals surface area contributed by atoms with Crippen LogP contribution in [0.15, 0.2) is 48.8 Å². The summed E-state index contributed by atoms with van der Waals surface area (Å²) in [6.45, 7) is 3.93. The largest absolute Gasteiger partial charge is 0.483 e. The lowest BCUT2D eigenvalue weighted by Gasteiger charge is -2.09. The van der Waals surface area contributed by atoms with Gasteiger partial charge in [-0.25, -0.2) is 4.98 Å². The van der Waals surface area contributed by atoms with Crippen molar-refractivity contribution in [1.29, 1.82) is 0 Å². The summed E-state index contributed by atoms with van der Waals surface area (Å²) < 4.78 is 7.38. The Labute approximate surface area is 128 Å². The minimum absolute atomic E-state index is 0.0500. The van der Waals surface area contributed by atoms with Gasteiger partial charge in [0.2, 0.25) is 5.95 Å². The van der Waals surface area contributed by atoms with E-state index in [0.717, 1.165) is 16.6 Å². The number of aryl methyl sites for hydroxylation is 2. The van der Waals surface area contributed by atoms with Gasteiger partial charge in [-0.05, 0) is 37.6 Å². The zero-order valence-corrected chi connectivity index (χ0v) is 12.5. The Morgan fingerprint density at radius 1 is 1.27 bits per heavy atom.